The number of carbonyl (C=O) groups is 2. The topological polar surface area (TPSA) is 75.6 Å². The maximum absolute atomic E-state index is 11.6. The highest BCUT2D eigenvalue weighted by atomic mass is 16.5. The van der Waals surface area contributed by atoms with Crippen molar-refractivity contribution in [3.8, 4) is 0 Å². The lowest BCUT2D eigenvalue weighted by Gasteiger charge is -2.25. The first kappa shape index (κ1) is 14.9. The number of carboxylic acids is 1. The molecule has 0 aromatic heterocycles. The summed E-state index contributed by atoms with van der Waals surface area (Å²) in [4.78, 5) is 22.6. The predicted octanol–water partition coefficient (Wildman–Crippen LogP) is 0.886. The average molecular weight is 231 g/mol. The lowest BCUT2D eigenvalue weighted by molar-refractivity contribution is -0.151. The van der Waals surface area contributed by atoms with Gasteiger partial charge in [0.15, 0.2) is 0 Å². The minimum Gasteiger partial charge on any atom is -0.481 e. The molecule has 0 saturated heterocycles. The zero-order valence-electron chi connectivity index (χ0n) is 10.4. The number of aliphatic carboxylic acids is 1. The molecule has 1 atom stereocenters. The third kappa shape index (κ3) is 5.11. The molecule has 0 saturated carbocycles. The summed E-state index contributed by atoms with van der Waals surface area (Å²) in [6, 6.07) is 0. The first-order valence-electron chi connectivity index (χ1n) is 5.39. The molecule has 0 aromatic carbocycles. The second-order valence-electron chi connectivity index (χ2n) is 4.63. The van der Waals surface area contributed by atoms with Crippen LogP contribution in [0, 0.1) is 11.3 Å². The van der Waals surface area contributed by atoms with Crippen molar-refractivity contribution in [2.45, 2.75) is 27.7 Å². The van der Waals surface area contributed by atoms with Gasteiger partial charge in [0, 0.05) is 13.2 Å². The number of amides is 1. The van der Waals surface area contributed by atoms with E-state index in [-0.39, 0.29) is 0 Å². The summed E-state index contributed by atoms with van der Waals surface area (Å²) < 4.78 is 5.05. The zero-order valence-corrected chi connectivity index (χ0v) is 10.4. The van der Waals surface area contributed by atoms with Gasteiger partial charge in [-0.05, 0) is 12.3 Å². The van der Waals surface area contributed by atoms with Crippen LogP contribution < -0.4 is 5.32 Å². The first-order chi connectivity index (χ1) is 7.30. The molecule has 0 radical (unpaired) electrons. The smallest absolute Gasteiger partial charge is 0.316 e. The van der Waals surface area contributed by atoms with Crippen LogP contribution in [-0.2, 0) is 14.3 Å². The highest BCUT2D eigenvalue weighted by Crippen LogP contribution is 2.26. The number of carboxylic acid groups (broad SMARTS) is 1. The monoisotopic (exact) mass is 231 g/mol. The molecule has 0 aromatic rings. The van der Waals surface area contributed by atoms with Crippen LogP contribution in [0.5, 0.6) is 0 Å². The molecule has 1 amide bonds. The van der Waals surface area contributed by atoms with Crippen LogP contribution in [0.15, 0.2) is 0 Å². The summed E-state index contributed by atoms with van der Waals surface area (Å²) in [7, 11) is 0. The molecule has 0 rings (SSSR count). The third-order valence-corrected chi connectivity index (χ3v) is 2.12. The van der Waals surface area contributed by atoms with Crippen molar-refractivity contribution in [3.63, 3.8) is 0 Å². The Bertz CT molecular complexity index is 245. The van der Waals surface area contributed by atoms with Gasteiger partial charge in [-0.1, -0.05) is 20.8 Å². The summed E-state index contributed by atoms with van der Waals surface area (Å²) in [6.07, 6.45) is 0. The SMILES string of the molecule is CCOCCNC(=O)C(C(=O)O)C(C)(C)C. The fourth-order valence-electron chi connectivity index (χ4n) is 1.37. The minimum atomic E-state index is -1.10. The van der Waals surface area contributed by atoms with E-state index in [1.54, 1.807) is 20.8 Å². The minimum absolute atomic E-state index is 0.340. The van der Waals surface area contributed by atoms with Crippen molar-refractivity contribution in [2.75, 3.05) is 19.8 Å². The van der Waals surface area contributed by atoms with Gasteiger partial charge in [0.25, 0.3) is 0 Å². The molecule has 0 heterocycles. The third-order valence-electron chi connectivity index (χ3n) is 2.12. The van der Waals surface area contributed by atoms with Crippen molar-refractivity contribution >= 4 is 11.9 Å². The van der Waals surface area contributed by atoms with Gasteiger partial charge in [-0.25, -0.2) is 0 Å². The second kappa shape index (κ2) is 6.48. The lowest BCUT2D eigenvalue weighted by Crippen LogP contribution is -2.43. The summed E-state index contributed by atoms with van der Waals surface area (Å²) in [5.41, 5.74) is -0.596. The standard InChI is InChI=1S/C11H21NO4/c1-5-16-7-6-12-9(13)8(10(14)15)11(2,3)4/h8H,5-7H2,1-4H3,(H,12,13)(H,14,15). The maximum atomic E-state index is 11.6. The largest absolute Gasteiger partial charge is 0.481 e. The van der Waals surface area contributed by atoms with Crippen molar-refractivity contribution in [1.29, 1.82) is 0 Å². The molecule has 94 valence electrons. The van der Waals surface area contributed by atoms with Crippen molar-refractivity contribution in [2.24, 2.45) is 11.3 Å². The molecule has 16 heavy (non-hydrogen) atoms. The van der Waals surface area contributed by atoms with Crippen molar-refractivity contribution in [1.82, 2.24) is 5.32 Å². The van der Waals surface area contributed by atoms with E-state index in [1.807, 2.05) is 6.92 Å². The van der Waals surface area contributed by atoms with Crippen molar-refractivity contribution < 1.29 is 19.4 Å². The van der Waals surface area contributed by atoms with Gasteiger partial charge in [0.05, 0.1) is 6.61 Å². The highest BCUT2D eigenvalue weighted by molar-refractivity contribution is 5.97. The summed E-state index contributed by atoms with van der Waals surface area (Å²) in [5, 5.41) is 11.6. The van der Waals surface area contributed by atoms with Gasteiger partial charge in [-0.15, -0.1) is 0 Å². The molecule has 2 N–H and O–H groups in total. The number of hydrogen-bond donors (Lipinski definition) is 2. The van der Waals surface area contributed by atoms with Crippen LogP contribution in [0.4, 0.5) is 0 Å². The second-order valence-corrected chi connectivity index (χ2v) is 4.63. The fourth-order valence-corrected chi connectivity index (χ4v) is 1.37. The van der Waals surface area contributed by atoms with Crippen LogP contribution >= 0.6 is 0 Å². The summed E-state index contributed by atoms with van der Waals surface area (Å²) in [5.74, 6) is -2.59. The Labute approximate surface area is 96.2 Å². The van der Waals surface area contributed by atoms with Crippen LogP contribution in [0.1, 0.15) is 27.7 Å². The number of hydrogen-bond acceptors (Lipinski definition) is 3. The van der Waals surface area contributed by atoms with Crippen LogP contribution in [0.3, 0.4) is 0 Å². The number of ether oxygens (including phenoxy) is 1. The fraction of sp³-hybridized carbons (Fsp3) is 0.818. The van der Waals surface area contributed by atoms with Gasteiger partial charge in [0.2, 0.25) is 5.91 Å². The lowest BCUT2D eigenvalue weighted by atomic mass is 9.80. The maximum Gasteiger partial charge on any atom is 0.316 e. The van der Waals surface area contributed by atoms with Crippen LogP contribution in [-0.4, -0.2) is 36.7 Å². The van der Waals surface area contributed by atoms with Crippen LogP contribution in [0.25, 0.3) is 0 Å². The van der Waals surface area contributed by atoms with Gasteiger partial charge in [-0.2, -0.15) is 0 Å². The molecular formula is C11H21NO4. The van der Waals surface area contributed by atoms with Crippen molar-refractivity contribution in [3.05, 3.63) is 0 Å². The molecule has 0 aliphatic rings. The van der Waals surface area contributed by atoms with E-state index in [9.17, 15) is 9.59 Å². The Morgan fingerprint density at radius 3 is 2.31 bits per heavy atom. The predicted molar refractivity (Wildman–Crippen MR) is 60.1 cm³/mol. The van der Waals surface area contributed by atoms with Crippen LogP contribution in [0.2, 0.25) is 0 Å². The Morgan fingerprint density at radius 1 is 1.38 bits per heavy atom. The first-order valence-corrected chi connectivity index (χ1v) is 5.39. The Hall–Kier alpha value is -1.10. The van der Waals surface area contributed by atoms with E-state index in [2.05, 4.69) is 5.32 Å². The van der Waals surface area contributed by atoms with E-state index in [0.29, 0.717) is 19.8 Å². The van der Waals surface area contributed by atoms with Gasteiger partial charge in [0.1, 0.15) is 5.92 Å². The molecule has 0 spiro atoms. The Morgan fingerprint density at radius 2 is 1.94 bits per heavy atom. The average Bonchev–Trinajstić information content (AvgIpc) is 2.09. The molecule has 5 nitrogen and oxygen atoms in total. The van der Waals surface area contributed by atoms with E-state index in [4.69, 9.17) is 9.84 Å². The molecule has 1 unspecified atom stereocenters. The Balaban J connectivity index is 4.26. The summed E-state index contributed by atoms with van der Waals surface area (Å²) in [6.45, 7) is 8.37. The number of nitrogens with one attached hydrogen (secondary N) is 1. The van der Waals surface area contributed by atoms with E-state index in [0.717, 1.165) is 0 Å². The molecule has 0 bridgehead atoms. The number of carbonyl (C=O) groups excluding carboxylic acids is 1. The number of rotatable bonds is 6. The molecule has 0 aliphatic carbocycles. The molecule has 0 fully saturated rings. The van der Waals surface area contributed by atoms with Gasteiger partial charge < -0.3 is 15.2 Å². The Kier molecular flexibility index (Phi) is 6.03. The van der Waals surface area contributed by atoms with E-state index < -0.39 is 23.2 Å². The van der Waals surface area contributed by atoms with Gasteiger partial charge in [-0.3, -0.25) is 9.59 Å². The summed E-state index contributed by atoms with van der Waals surface area (Å²) >= 11 is 0. The van der Waals surface area contributed by atoms with Gasteiger partial charge >= 0.3 is 5.97 Å². The quantitative estimate of drug-likeness (QED) is 0.525. The van der Waals surface area contributed by atoms with E-state index in [1.165, 1.54) is 0 Å². The molecular weight excluding hydrogens is 210 g/mol. The highest BCUT2D eigenvalue weighted by Gasteiger charge is 2.37. The zero-order chi connectivity index (χ0) is 12.8. The molecule has 0 aliphatic heterocycles. The normalized spacial score (nSPS) is 13.2. The van der Waals surface area contributed by atoms with E-state index >= 15 is 0 Å². The molecule has 5 heteroatoms.